The van der Waals surface area contributed by atoms with Crippen molar-refractivity contribution in [2.45, 2.75) is 18.9 Å². The Labute approximate surface area is 162 Å². The molecule has 4 nitrogen and oxygen atoms in total. The average molecular weight is 435 g/mol. The fourth-order valence-corrected chi connectivity index (χ4v) is 4.51. The van der Waals surface area contributed by atoms with E-state index in [0.717, 1.165) is 34.1 Å². The minimum Gasteiger partial charge on any atom is -0.376 e. The van der Waals surface area contributed by atoms with Crippen LogP contribution in [0.25, 0.3) is 10.2 Å². The molecule has 0 aliphatic carbocycles. The van der Waals surface area contributed by atoms with Crippen molar-refractivity contribution in [1.29, 1.82) is 0 Å². The lowest BCUT2D eigenvalue weighted by Gasteiger charge is -2.23. The molecular weight excluding hydrogens is 419 g/mol. The number of carbonyl (C=O) groups is 1. The topological polar surface area (TPSA) is 42.4 Å². The SMILES string of the molecule is O=C(c1ccc(F)cc1)N(CC1CCCO1)c1nc2ccc(Br)cc2s1. The van der Waals surface area contributed by atoms with Gasteiger partial charge in [0.05, 0.1) is 22.9 Å². The van der Waals surface area contributed by atoms with Crippen molar-refractivity contribution in [2.24, 2.45) is 0 Å². The van der Waals surface area contributed by atoms with E-state index in [-0.39, 0.29) is 17.8 Å². The van der Waals surface area contributed by atoms with Crippen LogP contribution in [0.2, 0.25) is 0 Å². The normalized spacial score (nSPS) is 16.9. The van der Waals surface area contributed by atoms with Crippen LogP contribution in [-0.4, -0.2) is 30.1 Å². The average Bonchev–Trinajstić information content (AvgIpc) is 3.28. The van der Waals surface area contributed by atoms with Gasteiger partial charge in [0.25, 0.3) is 5.91 Å². The lowest BCUT2D eigenvalue weighted by Crippen LogP contribution is -2.37. The van der Waals surface area contributed by atoms with Gasteiger partial charge in [-0.1, -0.05) is 27.3 Å². The first-order chi connectivity index (χ1) is 12.6. The predicted octanol–water partition coefficient (Wildman–Crippen LogP) is 5.02. The van der Waals surface area contributed by atoms with Gasteiger partial charge in [-0.15, -0.1) is 0 Å². The summed E-state index contributed by atoms with van der Waals surface area (Å²) >= 11 is 4.93. The highest BCUT2D eigenvalue weighted by atomic mass is 79.9. The second-order valence-corrected chi connectivity index (χ2v) is 8.09. The first-order valence-electron chi connectivity index (χ1n) is 8.35. The Kier molecular flexibility index (Phi) is 5.02. The van der Waals surface area contributed by atoms with E-state index in [0.29, 0.717) is 17.2 Å². The van der Waals surface area contributed by atoms with Gasteiger partial charge in [0.1, 0.15) is 5.82 Å². The summed E-state index contributed by atoms with van der Waals surface area (Å²) in [6.07, 6.45) is 1.91. The van der Waals surface area contributed by atoms with Gasteiger partial charge in [0, 0.05) is 16.6 Å². The van der Waals surface area contributed by atoms with Crippen LogP contribution in [-0.2, 0) is 4.74 Å². The van der Waals surface area contributed by atoms with Gasteiger partial charge in [-0.25, -0.2) is 9.37 Å². The number of carbonyl (C=O) groups excluding carboxylic acids is 1. The first kappa shape index (κ1) is 17.6. The molecule has 3 aromatic rings. The summed E-state index contributed by atoms with van der Waals surface area (Å²) in [5.74, 6) is -0.560. The van der Waals surface area contributed by atoms with Crippen molar-refractivity contribution >= 4 is 48.5 Å². The van der Waals surface area contributed by atoms with Crippen molar-refractivity contribution in [3.05, 3.63) is 58.3 Å². The van der Waals surface area contributed by atoms with Crippen LogP contribution in [0.15, 0.2) is 46.9 Å². The fourth-order valence-electron chi connectivity index (χ4n) is 2.99. The Hall–Kier alpha value is -1.83. The molecule has 4 rings (SSSR count). The third-order valence-corrected chi connectivity index (χ3v) is 5.85. The summed E-state index contributed by atoms with van der Waals surface area (Å²) < 4.78 is 20.9. The van der Waals surface area contributed by atoms with E-state index >= 15 is 0 Å². The van der Waals surface area contributed by atoms with E-state index in [9.17, 15) is 9.18 Å². The lowest BCUT2D eigenvalue weighted by molar-refractivity contribution is 0.0917. The third kappa shape index (κ3) is 3.65. The number of hydrogen-bond donors (Lipinski definition) is 0. The summed E-state index contributed by atoms with van der Waals surface area (Å²) in [7, 11) is 0. The van der Waals surface area contributed by atoms with Crippen molar-refractivity contribution < 1.29 is 13.9 Å². The second kappa shape index (κ2) is 7.42. The smallest absolute Gasteiger partial charge is 0.260 e. The molecule has 0 radical (unpaired) electrons. The largest absolute Gasteiger partial charge is 0.376 e. The summed E-state index contributed by atoms with van der Waals surface area (Å²) in [6, 6.07) is 11.4. The standard InChI is InChI=1S/C19H16BrFN2O2S/c20-13-5-8-16-17(10-13)26-19(22-16)23(11-15-2-1-9-25-15)18(24)12-3-6-14(21)7-4-12/h3-8,10,15H,1-2,9,11H2. The molecule has 2 aromatic carbocycles. The van der Waals surface area contributed by atoms with Crippen LogP contribution in [0.1, 0.15) is 23.2 Å². The Bertz CT molecular complexity index is 938. The van der Waals surface area contributed by atoms with Crippen LogP contribution >= 0.6 is 27.3 Å². The molecule has 134 valence electrons. The lowest BCUT2D eigenvalue weighted by atomic mass is 10.1. The maximum atomic E-state index is 13.2. The Morgan fingerprint density at radius 1 is 1.31 bits per heavy atom. The number of anilines is 1. The van der Waals surface area contributed by atoms with Crippen molar-refractivity contribution in [2.75, 3.05) is 18.1 Å². The number of aromatic nitrogens is 1. The molecule has 0 bridgehead atoms. The minimum atomic E-state index is -0.364. The number of nitrogens with zero attached hydrogens (tertiary/aromatic N) is 2. The number of hydrogen-bond acceptors (Lipinski definition) is 4. The third-order valence-electron chi connectivity index (χ3n) is 4.32. The Morgan fingerprint density at radius 3 is 2.85 bits per heavy atom. The van der Waals surface area contributed by atoms with E-state index in [4.69, 9.17) is 4.74 Å². The number of halogens is 2. The number of fused-ring (bicyclic) bond motifs is 1. The molecule has 1 saturated heterocycles. The summed E-state index contributed by atoms with van der Waals surface area (Å²) in [6.45, 7) is 1.16. The van der Waals surface area contributed by atoms with E-state index in [1.165, 1.54) is 35.6 Å². The molecule has 26 heavy (non-hydrogen) atoms. The molecular formula is C19H16BrFN2O2S. The number of benzene rings is 2. The number of amides is 1. The van der Waals surface area contributed by atoms with Crippen molar-refractivity contribution in [3.8, 4) is 0 Å². The van der Waals surface area contributed by atoms with Gasteiger partial charge in [-0.3, -0.25) is 9.69 Å². The molecule has 1 aromatic heterocycles. The molecule has 2 heterocycles. The minimum absolute atomic E-state index is 0.00172. The molecule has 1 atom stereocenters. The summed E-state index contributed by atoms with van der Waals surface area (Å²) in [5.41, 5.74) is 1.28. The molecule has 0 spiro atoms. The zero-order valence-electron chi connectivity index (χ0n) is 13.8. The van der Waals surface area contributed by atoms with Crippen molar-refractivity contribution in [1.82, 2.24) is 4.98 Å². The highest BCUT2D eigenvalue weighted by Gasteiger charge is 2.27. The monoisotopic (exact) mass is 434 g/mol. The quantitative estimate of drug-likeness (QED) is 0.578. The van der Waals surface area contributed by atoms with E-state index < -0.39 is 0 Å². The molecule has 1 fully saturated rings. The van der Waals surface area contributed by atoms with Gasteiger partial charge >= 0.3 is 0 Å². The van der Waals surface area contributed by atoms with Gasteiger partial charge < -0.3 is 4.74 Å². The van der Waals surface area contributed by atoms with Gasteiger partial charge in [-0.2, -0.15) is 0 Å². The summed E-state index contributed by atoms with van der Waals surface area (Å²) in [5, 5.41) is 0.628. The number of rotatable bonds is 4. The van der Waals surface area contributed by atoms with Crippen LogP contribution in [0.3, 0.4) is 0 Å². The first-order valence-corrected chi connectivity index (χ1v) is 9.96. The molecule has 1 unspecified atom stereocenters. The molecule has 0 saturated carbocycles. The van der Waals surface area contributed by atoms with E-state index in [2.05, 4.69) is 20.9 Å². The highest BCUT2D eigenvalue weighted by Crippen LogP contribution is 2.32. The van der Waals surface area contributed by atoms with E-state index in [1.807, 2.05) is 18.2 Å². The molecule has 0 N–H and O–H groups in total. The van der Waals surface area contributed by atoms with Gasteiger partial charge in [0.2, 0.25) is 0 Å². The van der Waals surface area contributed by atoms with Crippen molar-refractivity contribution in [3.63, 3.8) is 0 Å². The van der Waals surface area contributed by atoms with Crippen LogP contribution < -0.4 is 4.90 Å². The maximum Gasteiger partial charge on any atom is 0.260 e. The Morgan fingerprint density at radius 2 is 2.12 bits per heavy atom. The zero-order chi connectivity index (χ0) is 18.1. The number of ether oxygens (including phenoxy) is 1. The van der Waals surface area contributed by atoms with Gasteiger partial charge in [-0.05, 0) is 55.3 Å². The second-order valence-electron chi connectivity index (χ2n) is 6.17. The molecule has 1 aliphatic rings. The number of thiazole rings is 1. The van der Waals surface area contributed by atoms with Crippen LogP contribution in [0, 0.1) is 5.82 Å². The van der Waals surface area contributed by atoms with Crippen LogP contribution in [0.4, 0.5) is 9.52 Å². The van der Waals surface area contributed by atoms with Gasteiger partial charge in [0.15, 0.2) is 5.13 Å². The predicted molar refractivity (Wildman–Crippen MR) is 104 cm³/mol. The fraction of sp³-hybridized carbons (Fsp3) is 0.263. The summed E-state index contributed by atoms with van der Waals surface area (Å²) in [4.78, 5) is 19.4. The van der Waals surface area contributed by atoms with E-state index in [1.54, 1.807) is 4.90 Å². The highest BCUT2D eigenvalue weighted by molar-refractivity contribution is 9.10. The maximum absolute atomic E-state index is 13.2. The molecule has 1 aliphatic heterocycles. The zero-order valence-corrected chi connectivity index (χ0v) is 16.2. The Balaban J connectivity index is 1.70. The molecule has 1 amide bonds. The molecule has 7 heteroatoms. The van der Waals surface area contributed by atoms with Crippen LogP contribution in [0.5, 0.6) is 0 Å².